The summed E-state index contributed by atoms with van der Waals surface area (Å²) in [7, 11) is -3.25. The second kappa shape index (κ2) is 5.83. The molecule has 0 aliphatic carbocycles. The van der Waals surface area contributed by atoms with Crippen molar-refractivity contribution in [3.63, 3.8) is 0 Å². The first-order valence-corrected chi connectivity index (χ1v) is 9.23. The third-order valence-corrected chi connectivity index (χ3v) is 6.65. The number of nitrogens with zero attached hydrogens (tertiary/aromatic N) is 1. The van der Waals surface area contributed by atoms with Crippen molar-refractivity contribution >= 4 is 44.5 Å². The molecule has 0 saturated carbocycles. The number of carbonyl (C=O) groups excluding carboxylic acids is 1. The topological polar surface area (TPSA) is 72.8 Å². The van der Waals surface area contributed by atoms with Crippen molar-refractivity contribution in [2.24, 2.45) is 5.16 Å². The third kappa shape index (κ3) is 2.92. The second-order valence-electron chi connectivity index (χ2n) is 4.62. The number of hydrogen-bond donors (Lipinski definition) is 0. The van der Waals surface area contributed by atoms with Gasteiger partial charge in [-0.25, -0.2) is 13.2 Å². The highest BCUT2D eigenvalue weighted by atomic mass is 35.5. The molecular weight excluding hydrogens is 346 g/mol. The molecule has 22 heavy (non-hydrogen) atoms. The number of carbonyl (C=O) groups is 1. The van der Waals surface area contributed by atoms with Crippen LogP contribution in [-0.2, 0) is 14.7 Å². The summed E-state index contributed by atoms with van der Waals surface area (Å²) in [6.45, 7) is 0. The Morgan fingerprint density at radius 1 is 1.32 bits per heavy atom. The standard InChI is InChI=1S/C14H10ClNO4S2/c15-10-3-1-2-9(8-10)13(17)20-16-12-5-7-22(18,19)14-11(12)4-6-21-14/h1-4,6,8H,5,7H2/b16-12+. The lowest BCUT2D eigenvalue weighted by atomic mass is 10.1. The smallest absolute Gasteiger partial charge is 0.313 e. The molecule has 0 radical (unpaired) electrons. The highest BCUT2D eigenvalue weighted by molar-refractivity contribution is 7.93. The maximum absolute atomic E-state index is 11.9. The molecule has 1 aliphatic heterocycles. The van der Waals surface area contributed by atoms with Crippen molar-refractivity contribution in [1.29, 1.82) is 0 Å². The summed E-state index contributed by atoms with van der Waals surface area (Å²) in [5.41, 5.74) is 1.25. The van der Waals surface area contributed by atoms with Gasteiger partial charge >= 0.3 is 5.97 Å². The van der Waals surface area contributed by atoms with Crippen molar-refractivity contribution in [2.45, 2.75) is 10.6 Å². The Labute approximate surface area is 136 Å². The van der Waals surface area contributed by atoms with E-state index in [2.05, 4.69) is 5.16 Å². The van der Waals surface area contributed by atoms with E-state index in [1.807, 2.05) is 0 Å². The molecule has 0 fully saturated rings. The molecule has 0 saturated heterocycles. The second-order valence-corrected chi connectivity index (χ2v) is 8.27. The first-order chi connectivity index (χ1) is 10.5. The maximum Gasteiger partial charge on any atom is 0.365 e. The van der Waals surface area contributed by atoms with Crippen LogP contribution in [0.5, 0.6) is 0 Å². The summed E-state index contributed by atoms with van der Waals surface area (Å²) in [6, 6.07) is 7.99. The van der Waals surface area contributed by atoms with E-state index in [4.69, 9.17) is 16.4 Å². The zero-order valence-electron chi connectivity index (χ0n) is 11.2. The van der Waals surface area contributed by atoms with Gasteiger partial charge in [0.2, 0.25) is 0 Å². The lowest BCUT2D eigenvalue weighted by Gasteiger charge is -2.13. The third-order valence-electron chi connectivity index (χ3n) is 3.13. The van der Waals surface area contributed by atoms with E-state index in [-0.39, 0.29) is 21.9 Å². The maximum atomic E-state index is 11.9. The zero-order chi connectivity index (χ0) is 15.7. The van der Waals surface area contributed by atoms with Crippen LogP contribution in [0, 0.1) is 0 Å². The predicted molar refractivity (Wildman–Crippen MR) is 84.4 cm³/mol. The molecule has 0 bridgehead atoms. The minimum Gasteiger partial charge on any atom is -0.313 e. The van der Waals surface area contributed by atoms with E-state index in [1.165, 1.54) is 6.07 Å². The normalized spacial score (nSPS) is 18.0. The van der Waals surface area contributed by atoms with E-state index < -0.39 is 15.8 Å². The minimum atomic E-state index is -3.25. The summed E-state index contributed by atoms with van der Waals surface area (Å²) < 4.78 is 24.1. The summed E-state index contributed by atoms with van der Waals surface area (Å²) in [5, 5.41) is 5.94. The van der Waals surface area contributed by atoms with Gasteiger partial charge in [0.25, 0.3) is 0 Å². The molecule has 0 unspecified atom stereocenters. The van der Waals surface area contributed by atoms with Gasteiger partial charge in [0.1, 0.15) is 4.21 Å². The van der Waals surface area contributed by atoms with Gasteiger partial charge in [-0.2, -0.15) is 0 Å². The van der Waals surface area contributed by atoms with Gasteiger partial charge in [0.05, 0.1) is 17.0 Å². The number of halogens is 1. The Morgan fingerprint density at radius 3 is 2.91 bits per heavy atom. The first-order valence-electron chi connectivity index (χ1n) is 6.32. The number of benzene rings is 1. The fraction of sp³-hybridized carbons (Fsp3) is 0.143. The Balaban J connectivity index is 1.84. The van der Waals surface area contributed by atoms with Gasteiger partial charge in [0, 0.05) is 17.0 Å². The molecule has 1 aromatic heterocycles. The van der Waals surface area contributed by atoms with Crippen LogP contribution in [0.1, 0.15) is 22.3 Å². The van der Waals surface area contributed by atoms with Crippen molar-refractivity contribution < 1.29 is 18.0 Å². The molecular formula is C14H10ClNO4S2. The van der Waals surface area contributed by atoms with Gasteiger partial charge in [-0.3, -0.25) is 0 Å². The fourth-order valence-corrected chi connectivity index (χ4v) is 5.07. The van der Waals surface area contributed by atoms with E-state index in [0.717, 1.165) is 11.3 Å². The molecule has 3 rings (SSSR count). The Morgan fingerprint density at radius 2 is 2.14 bits per heavy atom. The van der Waals surface area contributed by atoms with E-state index in [1.54, 1.807) is 29.6 Å². The van der Waals surface area contributed by atoms with Crippen molar-refractivity contribution in [2.75, 3.05) is 5.75 Å². The monoisotopic (exact) mass is 355 g/mol. The van der Waals surface area contributed by atoms with Crippen molar-refractivity contribution in [1.82, 2.24) is 0 Å². The predicted octanol–water partition coefficient (Wildman–Crippen LogP) is 3.14. The summed E-state index contributed by atoms with van der Waals surface area (Å²) in [5.74, 6) is -0.672. The lowest BCUT2D eigenvalue weighted by molar-refractivity contribution is 0.0516. The number of hydrogen-bond acceptors (Lipinski definition) is 6. The number of fused-ring (bicyclic) bond motifs is 1. The molecule has 114 valence electrons. The average Bonchev–Trinajstić information content (AvgIpc) is 2.97. The van der Waals surface area contributed by atoms with Gasteiger partial charge in [-0.15, -0.1) is 11.3 Å². The molecule has 0 spiro atoms. The molecule has 0 N–H and O–H groups in total. The molecule has 2 heterocycles. The van der Waals surface area contributed by atoms with Gasteiger partial charge in [0.15, 0.2) is 9.84 Å². The van der Waals surface area contributed by atoms with Gasteiger partial charge in [-0.1, -0.05) is 22.8 Å². The van der Waals surface area contributed by atoms with Crippen LogP contribution in [0.3, 0.4) is 0 Å². The van der Waals surface area contributed by atoms with Crippen molar-refractivity contribution in [3.8, 4) is 0 Å². The fourth-order valence-electron chi connectivity index (χ4n) is 2.07. The van der Waals surface area contributed by atoms with E-state index >= 15 is 0 Å². The minimum absolute atomic E-state index is 0.0337. The van der Waals surface area contributed by atoms with Crippen LogP contribution in [0.25, 0.3) is 0 Å². The molecule has 5 nitrogen and oxygen atoms in total. The number of sulfone groups is 1. The largest absolute Gasteiger partial charge is 0.365 e. The number of oxime groups is 1. The summed E-state index contributed by atoms with van der Waals surface area (Å²) in [4.78, 5) is 16.8. The summed E-state index contributed by atoms with van der Waals surface area (Å²) >= 11 is 6.95. The number of rotatable bonds is 2. The number of thiophene rings is 1. The molecule has 2 aromatic rings. The van der Waals surface area contributed by atoms with Crippen LogP contribution in [0.15, 0.2) is 45.1 Å². The SMILES string of the molecule is O=C(O/N=C1\CCS(=O)(=O)c2sccc21)c1cccc(Cl)c1. The lowest BCUT2D eigenvalue weighted by Crippen LogP contribution is -2.20. The molecule has 1 aliphatic rings. The highest BCUT2D eigenvalue weighted by Crippen LogP contribution is 2.30. The van der Waals surface area contributed by atoms with Gasteiger partial charge in [-0.05, 0) is 29.6 Å². The van der Waals surface area contributed by atoms with Crippen molar-refractivity contribution in [3.05, 3.63) is 51.9 Å². The van der Waals surface area contributed by atoms with Crippen LogP contribution in [-0.4, -0.2) is 25.9 Å². The molecule has 8 heteroatoms. The Kier molecular flexibility index (Phi) is 4.03. The quantitative estimate of drug-likeness (QED) is 0.612. The summed E-state index contributed by atoms with van der Waals surface area (Å²) in [6.07, 6.45) is 0.217. The Hall–Kier alpha value is -1.70. The molecule has 0 amide bonds. The van der Waals surface area contributed by atoms with Crippen LogP contribution in [0.4, 0.5) is 0 Å². The zero-order valence-corrected chi connectivity index (χ0v) is 13.5. The van der Waals surface area contributed by atoms with Crippen LogP contribution >= 0.6 is 22.9 Å². The molecule has 0 atom stereocenters. The molecule has 1 aromatic carbocycles. The first kappa shape index (κ1) is 15.2. The van der Waals surface area contributed by atoms with Crippen LogP contribution in [0.2, 0.25) is 5.02 Å². The van der Waals surface area contributed by atoms with E-state index in [0.29, 0.717) is 16.3 Å². The van der Waals surface area contributed by atoms with Crippen LogP contribution < -0.4 is 0 Å². The van der Waals surface area contributed by atoms with E-state index in [9.17, 15) is 13.2 Å². The average molecular weight is 356 g/mol. The highest BCUT2D eigenvalue weighted by Gasteiger charge is 2.29. The Bertz CT molecular complexity index is 870. The van der Waals surface area contributed by atoms with Gasteiger partial charge < -0.3 is 4.84 Å².